The van der Waals surface area contributed by atoms with Gasteiger partial charge in [-0.1, -0.05) is 34.6 Å². The number of likely N-dealkylation sites (tertiary alicyclic amines) is 1. The van der Waals surface area contributed by atoms with Gasteiger partial charge in [0.15, 0.2) is 0 Å². The largest absolute Gasteiger partial charge is 0.341 e. The van der Waals surface area contributed by atoms with Crippen molar-refractivity contribution in [2.24, 2.45) is 11.3 Å². The fourth-order valence-electron chi connectivity index (χ4n) is 2.40. The first-order chi connectivity index (χ1) is 7.81. The molecule has 0 bridgehead atoms. The van der Waals surface area contributed by atoms with Crippen molar-refractivity contribution in [2.75, 3.05) is 26.2 Å². The minimum absolute atomic E-state index is 0.0333. The van der Waals surface area contributed by atoms with Crippen molar-refractivity contribution in [2.45, 2.75) is 47.6 Å². The Morgan fingerprint density at radius 3 is 2.12 bits per heavy atom. The highest BCUT2D eigenvalue weighted by molar-refractivity contribution is 5.82. The van der Waals surface area contributed by atoms with Gasteiger partial charge in [-0.3, -0.25) is 9.69 Å². The van der Waals surface area contributed by atoms with Gasteiger partial charge in [-0.15, -0.1) is 0 Å². The molecule has 1 aliphatic rings. The van der Waals surface area contributed by atoms with Crippen LogP contribution in [-0.2, 0) is 4.79 Å². The van der Waals surface area contributed by atoms with Crippen molar-refractivity contribution < 1.29 is 4.79 Å². The summed E-state index contributed by atoms with van der Waals surface area (Å²) in [6.07, 6.45) is 0. The molecular formula is C14H28N2O. The molecule has 0 radical (unpaired) electrons. The van der Waals surface area contributed by atoms with Crippen molar-refractivity contribution in [3.63, 3.8) is 0 Å². The molecule has 0 N–H and O–H groups in total. The van der Waals surface area contributed by atoms with Gasteiger partial charge in [0.05, 0.1) is 6.04 Å². The molecule has 1 rings (SSSR count). The number of hydrogen-bond acceptors (Lipinski definition) is 2. The maximum absolute atomic E-state index is 12.2. The molecule has 100 valence electrons. The molecule has 1 fully saturated rings. The summed E-state index contributed by atoms with van der Waals surface area (Å²) < 4.78 is 0. The maximum Gasteiger partial charge on any atom is 0.239 e. The molecule has 3 nitrogen and oxygen atoms in total. The van der Waals surface area contributed by atoms with Crippen molar-refractivity contribution in [3.8, 4) is 0 Å². The van der Waals surface area contributed by atoms with Gasteiger partial charge in [-0.2, -0.15) is 0 Å². The minimum atomic E-state index is 0.0333. The van der Waals surface area contributed by atoms with Gasteiger partial charge in [-0.25, -0.2) is 0 Å². The SMILES string of the molecule is CCN(CC)C(C)C(=O)N1CC(C(C)(C)C)C1. The minimum Gasteiger partial charge on any atom is -0.341 e. The first-order valence-corrected chi connectivity index (χ1v) is 6.84. The van der Waals surface area contributed by atoms with E-state index in [0.29, 0.717) is 17.2 Å². The smallest absolute Gasteiger partial charge is 0.239 e. The van der Waals surface area contributed by atoms with E-state index < -0.39 is 0 Å². The molecule has 3 heteroatoms. The summed E-state index contributed by atoms with van der Waals surface area (Å²) in [6, 6.07) is 0.0333. The number of amides is 1. The van der Waals surface area contributed by atoms with E-state index >= 15 is 0 Å². The third-order valence-corrected chi connectivity index (χ3v) is 4.14. The zero-order valence-electron chi connectivity index (χ0n) is 12.3. The van der Waals surface area contributed by atoms with Crippen molar-refractivity contribution in [1.82, 2.24) is 9.80 Å². The van der Waals surface area contributed by atoms with E-state index in [1.54, 1.807) is 0 Å². The Bertz CT molecular complexity index is 260. The summed E-state index contributed by atoms with van der Waals surface area (Å²) in [4.78, 5) is 16.5. The van der Waals surface area contributed by atoms with E-state index in [0.717, 1.165) is 26.2 Å². The zero-order chi connectivity index (χ0) is 13.2. The quantitative estimate of drug-likeness (QED) is 0.752. The molecule has 0 saturated carbocycles. The molecule has 0 aromatic rings. The van der Waals surface area contributed by atoms with Gasteiger partial charge >= 0.3 is 0 Å². The molecule has 1 unspecified atom stereocenters. The van der Waals surface area contributed by atoms with Crippen LogP contribution in [0, 0.1) is 11.3 Å². The summed E-state index contributed by atoms with van der Waals surface area (Å²) >= 11 is 0. The predicted molar refractivity (Wildman–Crippen MR) is 71.9 cm³/mol. The van der Waals surface area contributed by atoms with Crippen LogP contribution in [0.15, 0.2) is 0 Å². The highest BCUT2D eigenvalue weighted by Crippen LogP contribution is 2.33. The van der Waals surface area contributed by atoms with Crippen LogP contribution in [0.2, 0.25) is 0 Å². The first-order valence-electron chi connectivity index (χ1n) is 6.84. The van der Waals surface area contributed by atoms with E-state index in [1.165, 1.54) is 0 Å². The summed E-state index contributed by atoms with van der Waals surface area (Å²) in [5.41, 5.74) is 0.329. The van der Waals surface area contributed by atoms with Crippen molar-refractivity contribution in [1.29, 1.82) is 0 Å². The molecule has 17 heavy (non-hydrogen) atoms. The average molecular weight is 240 g/mol. The highest BCUT2D eigenvalue weighted by atomic mass is 16.2. The van der Waals surface area contributed by atoms with Gasteiger partial charge in [-0.05, 0) is 31.3 Å². The van der Waals surface area contributed by atoms with Crippen LogP contribution in [0.25, 0.3) is 0 Å². The lowest BCUT2D eigenvalue weighted by molar-refractivity contribution is -0.145. The second-order valence-electron chi connectivity index (χ2n) is 6.20. The first kappa shape index (κ1) is 14.5. The lowest BCUT2D eigenvalue weighted by atomic mass is 9.76. The van der Waals surface area contributed by atoms with Crippen LogP contribution in [-0.4, -0.2) is 47.9 Å². The number of likely N-dealkylation sites (N-methyl/N-ethyl adjacent to an activating group) is 1. The molecule has 0 spiro atoms. The molecule has 1 heterocycles. The molecular weight excluding hydrogens is 212 g/mol. The van der Waals surface area contributed by atoms with Crippen LogP contribution in [0.3, 0.4) is 0 Å². The summed E-state index contributed by atoms with van der Waals surface area (Å²) in [5.74, 6) is 0.963. The molecule has 1 saturated heterocycles. The fourth-order valence-corrected chi connectivity index (χ4v) is 2.40. The number of rotatable bonds is 4. The second kappa shape index (κ2) is 5.38. The van der Waals surface area contributed by atoms with Gasteiger partial charge in [0, 0.05) is 13.1 Å². The maximum atomic E-state index is 12.2. The standard InChI is InChI=1S/C14H28N2O/c1-7-15(8-2)11(3)13(17)16-9-12(10-16)14(4,5)6/h11-12H,7-10H2,1-6H3. The number of nitrogens with zero attached hydrogens (tertiary/aromatic N) is 2. The van der Waals surface area contributed by atoms with Crippen LogP contribution in [0.1, 0.15) is 41.5 Å². The van der Waals surface area contributed by atoms with Crippen LogP contribution >= 0.6 is 0 Å². The van der Waals surface area contributed by atoms with E-state index in [1.807, 2.05) is 11.8 Å². The monoisotopic (exact) mass is 240 g/mol. The molecule has 1 atom stereocenters. The number of carbonyl (C=O) groups is 1. The summed E-state index contributed by atoms with van der Waals surface area (Å²) in [5, 5.41) is 0. The normalized spacial score (nSPS) is 19.4. The van der Waals surface area contributed by atoms with Crippen LogP contribution in [0.4, 0.5) is 0 Å². The second-order valence-corrected chi connectivity index (χ2v) is 6.20. The number of hydrogen-bond donors (Lipinski definition) is 0. The molecule has 1 amide bonds. The zero-order valence-corrected chi connectivity index (χ0v) is 12.3. The Morgan fingerprint density at radius 1 is 1.29 bits per heavy atom. The molecule has 0 aliphatic carbocycles. The molecule has 0 aromatic heterocycles. The lowest BCUT2D eigenvalue weighted by Crippen LogP contribution is -2.59. The van der Waals surface area contributed by atoms with E-state index in [4.69, 9.17) is 0 Å². The molecule has 1 aliphatic heterocycles. The van der Waals surface area contributed by atoms with Gasteiger partial charge in [0.2, 0.25) is 5.91 Å². The van der Waals surface area contributed by atoms with Crippen molar-refractivity contribution in [3.05, 3.63) is 0 Å². The average Bonchev–Trinajstić information content (AvgIpc) is 2.14. The molecule has 0 aromatic carbocycles. The summed E-state index contributed by atoms with van der Waals surface area (Å²) in [6.45, 7) is 16.8. The Labute approximate surface area is 106 Å². The Kier molecular flexibility index (Phi) is 4.59. The third-order valence-electron chi connectivity index (χ3n) is 4.14. The van der Waals surface area contributed by atoms with Gasteiger partial charge in [0.25, 0.3) is 0 Å². The lowest BCUT2D eigenvalue weighted by Gasteiger charge is -2.47. The Balaban J connectivity index is 2.47. The van der Waals surface area contributed by atoms with Gasteiger partial charge < -0.3 is 4.90 Å². The van der Waals surface area contributed by atoms with Crippen LogP contribution in [0.5, 0.6) is 0 Å². The van der Waals surface area contributed by atoms with Gasteiger partial charge in [0.1, 0.15) is 0 Å². The van der Waals surface area contributed by atoms with E-state index in [9.17, 15) is 4.79 Å². The van der Waals surface area contributed by atoms with Crippen LogP contribution < -0.4 is 0 Å². The highest BCUT2D eigenvalue weighted by Gasteiger charge is 2.39. The Morgan fingerprint density at radius 2 is 1.76 bits per heavy atom. The van der Waals surface area contributed by atoms with E-state index in [2.05, 4.69) is 39.5 Å². The number of carbonyl (C=O) groups excluding carboxylic acids is 1. The third kappa shape index (κ3) is 3.21. The Hall–Kier alpha value is -0.570. The van der Waals surface area contributed by atoms with Crippen molar-refractivity contribution >= 4 is 5.91 Å². The summed E-state index contributed by atoms with van der Waals surface area (Å²) in [7, 11) is 0. The topological polar surface area (TPSA) is 23.6 Å². The fraction of sp³-hybridized carbons (Fsp3) is 0.929. The van der Waals surface area contributed by atoms with E-state index in [-0.39, 0.29) is 6.04 Å². The predicted octanol–water partition coefficient (Wildman–Crippen LogP) is 2.22.